The summed E-state index contributed by atoms with van der Waals surface area (Å²) in [7, 11) is 6.30. The zero-order valence-electron chi connectivity index (χ0n) is 68.9. The lowest BCUT2D eigenvalue weighted by Gasteiger charge is -2.21. The lowest BCUT2D eigenvalue weighted by atomic mass is 9.99. The Labute approximate surface area is 699 Å². The molecule has 0 fully saturated rings. The highest BCUT2D eigenvalue weighted by Gasteiger charge is 2.35. The number of aliphatic hydroxyl groups is 1. The fourth-order valence-electron chi connectivity index (χ4n) is 14.6. The summed E-state index contributed by atoms with van der Waals surface area (Å²) in [5.74, 6) is 6.58. The van der Waals surface area contributed by atoms with E-state index >= 15 is 0 Å². The van der Waals surface area contributed by atoms with E-state index in [-0.39, 0.29) is 55.2 Å². The number of hydrogen-bond donors (Lipinski definition) is 4. The number of esters is 1. The topological polar surface area (TPSA) is 343 Å². The summed E-state index contributed by atoms with van der Waals surface area (Å²) >= 11 is 13.9. The van der Waals surface area contributed by atoms with Crippen molar-refractivity contribution < 1.29 is 47.6 Å². The molecule has 0 radical (unpaired) electrons. The van der Waals surface area contributed by atoms with Gasteiger partial charge >= 0.3 is 11.7 Å². The number of nitrogens with one attached hydrogen (secondary N) is 3. The number of pyridine rings is 2. The maximum atomic E-state index is 12.9. The van der Waals surface area contributed by atoms with Gasteiger partial charge in [0.2, 0.25) is 5.91 Å². The van der Waals surface area contributed by atoms with Crippen molar-refractivity contribution in [3.05, 3.63) is 249 Å². The second-order valence-corrected chi connectivity index (χ2v) is 31.4. The summed E-state index contributed by atoms with van der Waals surface area (Å²) in [6.45, 7) is 25.8. The molecule has 31 heteroatoms. The van der Waals surface area contributed by atoms with Crippen LogP contribution in [0.5, 0.6) is 28.7 Å². The highest BCUT2D eigenvalue weighted by molar-refractivity contribution is 7.15. The van der Waals surface area contributed by atoms with Gasteiger partial charge in [-0.25, -0.2) is 9.78 Å². The lowest BCUT2D eigenvalue weighted by molar-refractivity contribution is -0.155. The fraction of sp³-hybridized carbons (Fsp3) is 0.295. The molecule has 0 saturated heterocycles. The van der Waals surface area contributed by atoms with E-state index in [1.54, 1.807) is 61.8 Å². The number of carbonyl (C=O) groups is 2. The predicted molar refractivity (Wildman–Crippen MR) is 460 cm³/mol. The fourth-order valence-corrected chi connectivity index (χ4v) is 16.0. The van der Waals surface area contributed by atoms with Crippen LogP contribution >= 0.6 is 34.5 Å². The third kappa shape index (κ3) is 17.7. The molecule has 10 heterocycles. The number of aromatic nitrogens is 13. The number of hydrogen-bond acceptors (Lipinski definition) is 23. The summed E-state index contributed by atoms with van der Waals surface area (Å²) in [4.78, 5) is 81.3. The molecule has 16 rings (SSSR count). The normalized spacial score (nSPS) is 13.6. The van der Waals surface area contributed by atoms with Gasteiger partial charge in [-0.3, -0.25) is 48.0 Å². The van der Waals surface area contributed by atoms with E-state index in [2.05, 4.69) is 69.6 Å². The molecule has 8 aromatic heterocycles. The van der Waals surface area contributed by atoms with Gasteiger partial charge in [0.1, 0.15) is 86.7 Å². The van der Waals surface area contributed by atoms with Crippen molar-refractivity contribution in [2.24, 2.45) is 9.98 Å². The Balaban J connectivity index is 0.000000138. The number of halogens is 2. The number of methoxy groups -OCH3 is 4. The van der Waals surface area contributed by atoms with E-state index in [1.165, 1.54) is 12.0 Å². The SMILES string of the molecule is CCNC(=O)C[C@@H]1N=C(c2ccc(Cl)cc2)c2cc(OC)ccc2-n2c(C)nnc21.COc1cc(OC)c2c(=O)[nH]c(-c3cc(C)c(OCCO)c(C)c3)nc2c1.COc1cc2c(cc1-c1c(C)noc1C)ncc1[nH]c(=O)n([C@H](C)c3ccccn3)c12.Cc1sc2c(c1C)C(c1ccc(Cl)cc1)=N[C@@H](CC(=O)OC(C)(C)C)c1nnc(C)n1-2. The first kappa shape index (κ1) is 84.2. The number of imidazole rings is 1. The second-order valence-electron chi connectivity index (χ2n) is 29.3. The van der Waals surface area contributed by atoms with Gasteiger partial charge < -0.3 is 53.3 Å². The number of H-pyrrole nitrogens is 2. The molecular weight excluding hydrogens is 1580 g/mol. The average molecular weight is 1670 g/mol. The summed E-state index contributed by atoms with van der Waals surface area (Å²) in [6.07, 6.45) is 3.67. The molecule has 0 bridgehead atoms. The maximum absolute atomic E-state index is 12.9. The number of rotatable bonds is 18. The number of benzene rings is 6. The van der Waals surface area contributed by atoms with Crippen molar-refractivity contribution in [3.8, 4) is 62.0 Å². The number of fused-ring (bicyclic) bond motifs is 10. The first-order valence-electron chi connectivity index (χ1n) is 38.3. The third-order valence-corrected chi connectivity index (χ3v) is 21.8. The van der Waals surface area contributed by atoms with E-state index in [4.69, 9.17) is 71.2 Å². The largest absolute Gasteiger partial charge is 0.497 e. The number of carbonyl (C=O) groups excluding carboxylic acids is 2. The second kappa shape index (κ2) is 35.6. The number of amides is 1. The van der Waals surface area contributed by atoms with Crippen LogP contribution < -0.4 is 40.3 Å². The highest BCUT2D eigenvalue weighted by atomic mass is 35.5. The Morgan fingerprint density at radius 1 is 0.681 bits per heavy atom. The molecule has 0 spiro atoms. The smallest absolute Gasteiger partial charge is 0.327 e. The average Bonchev–Trinajstić information content (AvgIpc) is 1.62. The molecule has 614 valence electrons. The van der Waals surface area contributed by atoms with Crippen molar-refractivity contribution in [2.75, 3.05) is 48.2 Å². The van der Waals surface area contributed by atoms with Crippen LogP contribution in [0.15, 0.2) is 158 Å². The van der Waals surface area contributed by atoms with Crippen molar-refractivity contribution in [3.63, 3.8) is 0 Å². The van der Waals surface area contributed by atoms with Crippen LogP contribution in [0.3, 0.4) is 0 Å². The number of aromatic amines is 2. The molecule has 3 atom stereocenters. The summed E-state index contributed by atoms with van der Waals surface area (Å²) < 4.78 is 44.0. The van der Waals surface area contributed by atoms with Crippen molar-refractivity contribution in [2.45, 2.75) is 127 Å². The van der Waals surface area contributed by atoms with Crippen molar-refractivity contribution >= 4 is 90.7 Å². The monoisotopic (exact) mass is 1660 g/mol. The highest BCUT2D eigenvalue weighted by Crippen LogP contribution is 2.43. The lowest BCUT2D eigenvalue weighted by Crippen LogP contribution is -2.25. The number of thiophene rings is 1. The molecule has 2 aliphatic rings. The van der Waals surface area contributed by atoms with Crippen LogP contribution in [0.25, 0.3) is 66.0 Å². The minimum Gasteiger partial charge on any atom is -0.497 e. The van der Waals surface area contributed by atoms with Crippen LogP contribution in [0.4, 0.5) is 0 Å². The molecule has 14 aromatic rings. The molecular formula is C88H90Cl2N16O12S. The standard InChI is InChI=1S/C23H25ClN4O2S.C23H21N5O3.C22H22ClN5O2.C20H22N2O5/c1-12-13(2)31-22-19(12)20(15-7-9-16(24)10-8-15)25-17(11-18(29)30-23(4,5)6)21-27-26-14(3)28(21)22;1-12-21(14(3)31-27-12)16-9-18-15(10-20(16)30-4)22-19(11-25-18)26-23(29)28(22)13(2)17-7-5-6-8-24-17;1-4-24-20(29)12-18-22-27-26-13(2)28(22)19-10-9-16(30-3)11-17(19)21(25-18)14-5-7-15(23)8-6-14;1-11-7-13(8-12(2)18(11)27-6-5-23)19-21-15-9-14(25-3)10-16(26-4)17(15)20(24)22-19/h7-10,17H,11H2,1-6H3;5-11,13H,1-4H3,(H,26,29);5-11,18H,4,12H2,1-3H3,(H,24,29);7-10,23H,5-6H2,1-4H3,(H,21,22,24)/t17-;13-;18-;/m010./s1. The minimum atomic E-state index is -0.569. The molecule has 2 aliphatic heterocycles. The van der Waals surface area contributed by atoms with Crippen LogP contribution in [-0.2, 0) is 14.3 Å². The van der Waals surface area contributed by atoms with Gasteiger partial charge in [0.25, 0.3) is 5.56 Å². The number of aryl methyl sites for hydroxylation is 7. The first-order chi connectivity index (χ1) is 57.0. The van der Waals surface area contributed by atoms with Crippen LogP contribution in [-0.4, -0.2) is 146 Å². The molecule has 6 aromatic carbocycles. The molecule has 1 amide bonds. The molecule has 28 nitrogen and oxygen atoms in total. The van der Waals surface area contributed by atoms with Crippen molar-refractivity contribution in [1.29, 1.82) is 0 Å². The van der Waals surface area contributed by atoms with Gasteiger partial charge in [-0.2, -0.15) is 0 Å². The third-order valence-electron chi connectivity index (χ3n) is 20.1. The van der Waals surface area contributed by atoms with E-state index in [0.717, 1.165) is 123 Å². The van der Waals surface area contributed by atoms with Gasteiger partial charge in [-0.05, 0) is 186 Å². The zero-order chi connectivity index (χ0) is 85.0. The number of aliphatic imine (C=N–C) groups is 2. The van der Waals surface area contributed by atoms with Gasteiger partial charge in [0.15, 0.2) is 11.6 Å². The molecule has 119 heavy (non-hydrogen) atoms. The Bertz CT molecular complexity index is 6310. The molecule has 0 unspecified atom stereocenters. The Hall–Kier alpha value is -12.7. The number of nitrogens with zero attached hydrogens (tertiary/aromatic N) is 13. The van der Waals surface area contributed by atoms with Crippen LogP contribution in [0, 0.1) is 55.4 Å². The Kier molecular flexibility index (Phi) is 25.2. The summed E-state index contributed by atoms with van der Waals surface area (Å²) in [5, 5.41) is 36.7. The summed E-state index contributed by atoms with van der Waals surface area (Å²) in [5.41, 5.74) is 14.8. The Morgan fingerprint density at radius 2 is 1.33 bits per heavy atom. The van der Waals surface area contributed by atoms with Crippen LogP contribution in [0.1, 0.15) is 150 Å². The minimum absolute atomic E-state index is 0.0517. The van der Waals surface area contributed by atoms with E-state index in [0.29, 0.717) is 79.2 Å². The van der Waals surface area contributed by atoms with E-state index in [9.17, 15) is 19.2 Å². The van der Waals surface area contributed by atoms with Crippen LogP contribution in [0.2, 0.25) is 10.0 Å². The molecule has 0 saturated carbocycles. The quantitative estimate of drug-likeness (QED) is 0.0580. The van der Waals surface area contributed by atoms with Gasteiger partial charge in [0.05, 0.1) is 116 Å². The maximum Gasteiger partial charge on any atom is 0.327 e. The zero-order valence-corrected chi connectivity index (χ0v) is 71.2. The summed E-state index contributed by atoms with van der Waals surface area (Å²) in [6, 6.07) is 36.4. The first-order valence-corrected chi connectivity index (χ1v) is 39.9. The van der Waals surface area contributed by atoms with Crippen molar-refractivity contribution in [1.82, 2.24) is 69.5 Å². The molecule has 0 aliphatic carbocycles. The van der Waals surface area contributed by atoms with E-state index < -0.39 is 17.7 Å². The van der Waals surface area contributed by atoms with Gasteiger partial charge in [-0.1, -0.05) is 58.7 Å². The van der Waals surface area contributed by atoms with Gasteiger partial charge in [0, 0.05) is 78.6 Å². The predicted octanol–water partition coefficient (Wildman–Crippen LogP) is 15.9. The Morgan fingerprint density at radius 3 is 1.94 bits per heavy atom. The number of ether oxygens (including phenoxy) is 6. The van der Waals surface area contributed by atoms with E-state index in [1.807, 2.05) is 194 Å². The van der Waals surface area contributed by atoms with Gasteiger partial charge in [-0.15, -0.1) is 31.7 Å². The number of aliphatic hydroxyl groups excluding tert-OH is 1. The molecule has 4 N–H and O–H groups in total.